The van der Waals surface area contributed by atoms with Crippen molar-refractivity contribution in [2.45, 2.75) is 5.41 Å². The molecule has 0 bridgehead atoms. The third-order valence-corrected chi connectivity index (χ3v) is 4.93. The molecule has 0 aromatic heterocycles. The summed E-state index contributed by atoms with van der Waals surface area (Å²) < 4.78 is 0. The van der Waals surface area contributed by atoms with Crippen LogP contribution in [0.15, 0.2) is 115 Å². The van der Waals surface area contributed by atoms with Gasteiger partial charge in [-0.1, -0.05) is 109 Å². The third kappa shape index (κ3) is 3.12. The summed E-state index contributed by atoms with van der Waals surface area (Å²) in [6, 6.07) is 38.8. The Kier molecular flexibility index (Phi) is 5.39. The van der Waals surface area contributed by atoms with Crippen molar-refractivity contribution >= 4 is 0 Å². The van der Waals surface area contributed by atoms with Gasteiger partial charge in [0.05, 0.1) is 5.41 Å². The number of hydrogen-bond acceptors (Lipinski definition) is 2. The summed E-state index contributed by atoms with van der Waals surface area (Å²) in [5, 5.41) is 10.8. The fourth-order valence-electron chi connectivity index (χ4n) is 3.82. The highest BCUT2D eigenvalue weighted by molar-refractivity contribution is 5.62. The summed E-state index contributed by atoms with van der Waals surface area (Å²) >= 11 is 0. The lowest BCUT2D eigenvalue weighted by Gasteiger charge is -2.37. The quantitative estimate of drug-likeness (QED) is 0.446. The Balaban J connectivity index is 0.00000210. The summed E-state index contributed by atoms with van der Waals surface area (Å²) in [6.45, 7) is 0. The van der Waals surface area contributed by atoms with Crippen LogP contribution in [0.5, 0.6) is 5.75 Å². The summed E-state index contributed by atoms with van der Waals surface area (Å²) in [7, 11) is 0. The van der Waals surface area contributed by atoms with Crippen molar-refractivity contribution in [3.63, 3.8) is 0 Å². The first-order valence-electron chi connectivity index (χ1n) is 8.78. The van der Waals surface area contributed by atoms with Gasteiger partial charge in [-0.25, -0.2) is 0 Å². The van der Waals surface area contributed by atoms with Crippen LogP contribution in [0.2, 0.25) is 0 Å². The molecule has 0 saturated carbocycles. The minimum Gasteiger partial charge on any atom is -0.508 e. The molecule has 0 atom stereocenters. The van der Waals surface area contributed by atoms with E-state index in [-0.39, 0.29) is 6.15 Å². The van der Waals surface area contributed by atoms with Crippen molar-refractivity contribution in [2.24, 2.45) is 0 Å². The van der Waals surface area contributed by atoms with Crippen LogP contribution < -0.4 is 6.15 Å². The first-order valence-corrected chi connectivity index (χ1v) is 8.78. The second-order valence-corrected chi connectivity index (χ2v) is 6.37. The monoisotopic (exact) mass is 353 g/mol. The zero-order chi connectivity index (χ0) is 17.8. The molecule has 0 aliphatic heterocycles. The average Bonchev–Trinajstić information content (AvgIpc) is 2.72. The van der Waals surface area contributed by atoms with Crippen molar-refractivity contribution in [1.29, 1.82) is 0 Å². The summed E-state index contributed by atoms with van der Waals surface area (Å²) in [4.78, 5) is 0. The van der Waals surface area contributed by atoms with Crippen molar-refractivity contribution in [3.8, 4) is 5.75 Å². The molecule has 4 aromatic rings. The molecule has 0 amide bonds. The number of rotatable bonds is 4. The molecule has 0 radical (unpaired) electrons. The van der Waals surface area contributed by atoms with Gasteiger partial charge in [-0.05, 0) is 22.8 Å². The van der Waals surface area contributed by atoms with E-state index in [0.717, 1.165) is 22.3 Å². The highest BCUT2D eigenvalue weighted by Crippen LogP contribution is 2.47. The van der Waals surface area contributed by atoms with Gasteiger partial charge in [0.2, 0.25) is 0 Å². The molecule has 4 aromatic carbocycles. The third-order valence-electron chi connectivity index (χ3n) is 4.93. The topological polar surface area (TPSA) is 55.2 Å². The smallest absolute Gasteiger partial charge is 0.120 e. The Morgan fingerprint density at radius 2 is 0.778 bits per heavy atom. The maximum atomic E-state index is 10.8. The lowest BCUT2D eigenvalue weighted by Crippen LogP contribution is -2.31. The minimum atomic E-state index is -0.588. The fraction of sp³-hybridized carbons (Fsp3) is 0.0400. The molecule has 4 rings (SSSR count). The second-order valence-electron chi connectivity index (χ2n) is 6.37. The van der Waals surface area contributed by atoms with E-state index in [0.29, 0.717) is 5.75 Å². The lowest BCUT2D eigenvalue weighted by atomic mass is 9.65. The number of phenols is 1. The number of aromatic hydroxyl groups is 1. The van der Waals surface area contributed by atoms with Gasteiger partial charge in [-0.3, -0.25) is 0 Å². The summed E-state index contributed by atoms with van der Waals surface area (Å²) in [6.07, 6.45) is 0. The molecule has 0 aliphatic carbocycles. The van der Waals surface area contributed by atoms with Crippen LogP contribution >= 0.6 is 0 Å². The highest BCUT2D eigenvalue weighted by Gasteiger charge is 2.39. The molecule has 27 heavy (non-hydrogen) atoms. The summed E-state index contributed by atoms with van der Waals surface area (Å²) in [5.41, 5.74) is 3.66. The molecule has 0 spiro atoms. The predicted octanol–water partition coefficient (Wildman–Crippen LogP) is 5.94. The fourth-order valence-corrected chi connectivity index (χ4v) is 3.82. The Morgan fingerprint density at radius 3 is 1.15 bits per heavy atom. The predicted molar refractivity (Wildman–Crippen MR) is 111 cm³/mol. The molecule has 0 heterocycles. The van der Waals surface area contributed by atoms with Crippen molar-refractivity contribution in [2.75, 3.05) is 0 Å². The minimum absolute atomic E-state index is 0. The van der Waals surface area contributed by atoms with E-state index in [1.54, 1.807) is 6.07 Å². The Bertz CT molecular complexity index is 886. The molecule has 0 saturated heterocycles. The number of para-hydroxylation sites is 1. The van der Waals surface area contributed by atoms with E-state index < -0.39 is 5.41 Å². The second kappa shape index (κ2) is 7.90. The van der Waals surface area contributed by atoms with Crippen LogP contribution in [-0.2, 0) is 5.41 Å². The zero-order valence-electron chi connectivity index (χ0n) is 15.1. The molecular weight excluding hydrogens is 330 g/mol. The molecule has 0 fully saturated rings. The van der Waals surface area contributed by atoms with Crippen LogP contribution in [-0.4, -0.2) is 5.11 Å². The maximum Gasteiger partial charge on any atom is 0.120 e. The number of hydrogen-bond donors (Lipinski definition) is 2. The molecule has 0 unspecified atom stereocenters. The van der Waals surface area contributed by atoms with Gasteiger partial charge in [0.25, 0.3) is 0 Å². The molecule has 2 nitrogen and oxygen atoms in total. The van der Waals surface area contributed by atoms with E-state index in [2.05, 4.69) is 72.8 Å². The van der Waals surface area contributed by atoms with Gasteiger partial charge in [0.1, 0.15) is 5.75 Å². The van der Waals surface area contributed by atoms with Crippen LogP contribution in [0.1, 0.15) is 22.3 Å². The van der Waals surface area contributed by atoms with Gasteiger partial charge < -0.3 is 11.3 Å². The first-order chi connectivity index (χ1) is 12.8. The average molecular weight is 353 g/mol. The first kappa shape index (κ1) is 18.4. The van der Waals surface area contributed by atoms with Gasteiger partial charge in [0.15, 0.2) is 0 Å². The van der Waals surface area contributed by atoms with Gasteiger partial charge in [-0.2, -0.15) is 0 Å². The Morgan fingerprint density at radius 1 is 0.444 bits per heavy atom. The normalized spacial score (nSPS) is 10.8. The maximum absolute atomic E-state index is 10.8. The Labute approximate surface area is 160 Å². The van der Waals surface area contributed by atoms with Crippen LogP contribution in [0, 0.1) is 0 Å². The molecule has 4 N–H and O–H groups in total. The molecule has 0 aliphatic rings. The van der Waals surface area contributed by atoms with Gasteiger partial charge in [0, 0.05) is 5.56 Å². The molecule has 2 heteroatoms. The molecule has 134 valence electrons. The standard InChI is InChI=1S/C25H20O.H3N/c26-24-19-11-10-18-23(24)25(20-12-4-1-5-13-20,21-14-6-2-7-15-21)22-16-8-3-9-17-22;/h1-19,26H;1H3. The van der Waals surface area contributed by atoms with Gasteiger partial charge >= 0.3 is 0 Å². The van der Waals surface area contributed by atoms with Crippen molar-refractivity contribution in [3.05, 3.63) is 138 Å². The van der Waals surface area contributed by atoms with Crippen LogP contribution in [0.4, 0.5) is 0 Å². The SMILES string of the molecule is N.Oc1ccccc1C(c1ccccc1)(c1ccccc1)c1ccccc1. The van der Waals surface area contributed by atoms with Crippen molar-refractivity contribution in [1.82, 2.24) is 6.15 Å². The van der Waals surface area contributed by atoms with Crippen molar-refractivity contribution < 1.29 is 5.11 Å². The Hall–Kier alpha value is -3.36. The zero-order valence-corrected chi connectivity index (χ0v) is 15.1. The number of benzene rings is 4. The van der Waals surface area contributed by atoms with E-state index in [1.807, 2.05) is 36.4 Å². The van der Waals surface area contributed by atoms with Crippen LogP contribution in [0.3, 0.4) is 0 Å². The van der Waals surface area contributed by atoms with E-state index in [1.165, 1.54) is 0 Å². The largest absolute Gasteiger partial charge is 0.508 e. The van der Waals surface area contributed by atoms with Crippen LogP contribution in [0.25, 0.3) is 0 Å². The van der Waals surface area contributed by atoms with E-state index in [9.17, 15) is 5.11 Å². The van der Waals surface area contributed by atoms with E-state index >= 15 is 0 Å². The lowest BCUT2D eigenvalue weighted by molar-refractivity contribution is 0.460. The van der Waals surface area contributed by atoms with E-state index in [4.69, 9.17) is 0 Å². The highest BCUT2D eigenvalue weighted by atomic mass is 16.3. The summed E-state index contributed by atoms with van der Waals surface area (Å²) in [5.74, 6) is 0.295. The molecular formula is C25H23NO. The van der Waals surface area contributed by atoms with Gasteiger partial charge in [-0.15, -0.1) is 0 Å². The number of phenolic OH excluding ortho intramolecular Hbond substituents is 1.